The quantitative estimate of drug-likeness (QED) is 0.680. The van der Waals surface area contributed by atoms with Crippen LogP contribution in [-0.4, -0.2) is 22.0 Å². The summed E-state index contributed by atoms with van der Waals surface area (Å²) < 4.78 is 10.5. The number of anilines is 1. The fourth-order valence-corrected chi connectivity index (χ4v) is 1.53. The average Bonchev–Trinajstić information content (AvgIpc) is 2.42. The van der Waals surface area contributed by atoms with E-state index in [2.05, 4.69) is 9.97 Å². The Morgan fingerprint density at radius 3 is 2.80 bits per heavy atom. The van der Waals surface area contributed by atoms with E-state index in [1.807, 2.05) is 0 Å². The van der Waals surface area contributed by atoms with Crippen LogP contribution in [0, 0.1) is 10.1 Å². The van der Waals surface area contributed by atoms with Gasteiger partial charge in [-0.2, -0.15) is 4.98 Å². The van der Waals surface area contributed by atoms with E-state index in [0.29, 0.717) is 5.75 Å². The highest BCUT2D eigenvalue weighted by Gasteiger charge is 2.15. The van der Waals surface area contributed by atoms with E-state index in [9.17, 15) is 10.1 Å². The van der Waals surface area contributed by atoms with Gasteiger partial charge in [-0.05, 0) is 6.07 Å². The summed E-state index contributed by atoms with van der Waals surface area (Å²) in [6.45, 7) is 0. The van der Waals surface area contributed by atoms with Gasteiger partial charge in [-0.1, -0.05) is 11.6 Å². The molecular formula is C11H9ClN4O4. The molecule has 0 amide bonds. The molecule has 104 valence electrons. The van der Waals surface area contributed by atoms with E-state index in [1.54, 1.807) is 0 Å². The molecule has 0 aliphatic heterocycles. The van der Waals surface area contributed by atoms with Crippen LogP contribution in [0.1, 0.15) is 0 Å². The average molecular weight is 297 g/mol. The first-order chi connectivity index (χ1) is 9.51. The number of methoxy groups -OCH3 is 1. The Hall–Kier alpha value is -2.61. The summed E-state index contributed by atoms with van der Waals surface area (Å²) in [4.78, 5) is 17.7. The Balaban J connectivity index is 2.43. The highest BCUT2D eigenvalue weighted by atomic mass is 35.5. The first-order valence-corrected chi connectivity index (χ1v) is 5.67. The van der Waals surface area contributed by atoms with Gasteiger partial charge in [0.15, 0.2) is 11.5 Å². The summed E-state index contributed by atoms with van der Waals surface area (Å²) in [6, 6.07) is 3.90. The van der Waals surface area contributed by atoms with Crippen molar-refractivity contribution < 1.29 is 14.4 Å². The predicted octanol–water partition coefficient (Wildman–Crippen LogP) is 2.42. The zero-order chi connectivity index (χ0) is 14.7. The number of ether oxygens (including phenoxy) is 2. The number of nitrogen functional groups attached to an aromatic ring is 1. The lowest BCUT2D eigenvalue weighted by Gasteiger charge is -2.10. The third-order valence-corrected chi connectivity index (χ3v) is 2.55. The highest BCUT2D eigenvalue weighted by molar-refractivity contribution is 6.31. The zero-order valence-corrected chi connectivity index (χ0v) is 11.0. The number of benzene rings is 1. The number of nitrogens with two attached hydrogens (primary N) is 1. The first kappa shape index (κ1) is 13.8. The molecule has 0 unspecified atom stereocenters. The van der Waals surface area contributed by atoms with Gasteiger partial charge in [-0.15, -0.1) is 0 Å². The fraction of sp³-hybridized carbons (Fsp3) is 0.0909. The molecule has 9 heteroatoms. The molecule has 8 nitrogen and oxygen atoms in total. The van der Waals surface area contributed by atoms with E-state index in [-0.39, 0.29) is 28.3 Å². The number of halogens is 1. The van der Waals surface area contributed by atoms with Gasteiger partial charge in [0.05, 0.1) is 24.3 Å². The van der Waals surface area contributed by atoms with Crippen molar-refractivity contribution in [3.05, 3.63) is 39.5 Å². The standard InChI is InChI=1S/C11H9ClN4O4/c1-19-8-3-2-6(16(17)18)4-9(8)20-10-7(12)5-14-11(13)15-10/h2-5H,1H3,(H2,13,14,15). The van der Waals surface area contributed by atoms with Crippen LogP contribution in [0.3, 0.4) is 0 Å². The van der Waals surface area contributed by atoms with Gasteiger partial charge >= 0.3 is 0 Å². The Kier molecular flexibility index (Phi) is 3.85. The van der Waals surface area contributed by atoms with Gasteiger partial charge in [0, 0.05) is 6.07 Å². The molecule has 0 radical (unpaired) electrons. The van der Waals surface area contributed by atoms with Crippen molar-refractivity contribution in [3.63, 3.8) is 0 Å². The molecule has 0 bridgehead atoms. The molecular weight excluding hydrogens is 288 g/mol. The molecule has 2 rings (SSSR count). The SMILES string of the molecule is COc1ccc([N+](=O)[O-])cc1Oc1nc(N)ncc1Cl. The Labute approximate surface area is 118 Å². The van der Waals surface area contributed by atoms with Crippen LogP contribution in [0.5, 0.6) is 17.4 Å². The summed E-state index contributed by atoms with van der Waals surface area (Å²) >= 11 is 5.86. The Bertz CT molecular complexity index is 665. The van der Waals surface area contributed by atoms with Crippen LogP contribution in [0.15, 0.2) is 24.4 Å². The highest BCUT2D eigenvalue weighted by Crippen LogP contribution is 2.36. The minimum Gasteiger partial charge on any atom is -0.493 e. The van der Waals surface area contributed by atoms with Crippen molar-refractivity contribution in [3.8, 4) is 17.4 Å². The van der Waals surface area contributed by atoms with Crippen LogP contribution in [-0.2, 0) is 0 Å². The number of nitro groups is 1. The maximum Gasteiger partial charge on any atom is 0.273 e. The van der Waals surface area contributed by atoms with Gasteiger partial charge in [0.25, 0.3) is 5.69 Å². The maximum atomic E-state index is 10.8. The first-order valence-electron chi connectivity index (χ1n) is 5.29. The summed E-state index contributed by atoms with van der Waals surface area (Å²) in [5.41, 5.74) is 5.28. The van der Waals surface area contributed by atoms with Crippen molar-refractivity contribution in [2.75, 3.05) is 12.8 Å². The van der Waals surface area contributed by atoms with Crippen molar-refractivity contribution in [1.82, 2.24) is 9.97 Å². The summed E-state index contributed by atoms with van der Waals surface area (Å²) in [6.07, 6.45) is 1.27. The molecule has 0 aliphatic carbocycles. The van der Waals surface area contributed by atoms with Gasteiger partial charge in [-0.25, -0.2) is 4.98 Å². The normalized spacial score (nSPS) is 10.1. The zero-order valence-electron chi connectivity index (χ0n) is 10.2. The van der Waals surface area contributed by atoms with Crippen LogP contribution in [0.25, 0.3) is 0 Å². The van der Waals surface area contributed by atoms with Crippen molar-refractivity contribution in [2.45, 2.75) is 0 Å². The second kappa shape index (κ2) is 5.57. The number of aromatic nitrogens is 2. The summed E-state index contributed by atoms with van der Waals surface area (Å²) in [5.74, 6) is 0.345. The van der Waals surface area contributed by atoms with Crippen LogP contribution in [0.2, 0.25) is 5.02 Å². The van der Waals surface area contributed by atoms with E-state index in [4.69, 9.17) is 26.8 Å². The maximum absolute atomic E-state index is 10.8. The topological polar surface area (TPSA) is 113 Å². The number of rotatable bonds is 4. The molecule has 0 atom stereocenters. The number of hydrogen-bond donors (Lipinski definition) is 1. The largest absolute Gasteiger partial charge is 0.493 e. The number of nitro benzene ring substituents is 1. The summed E-state index contributed by atoms with van der Waals surface area (Å²) in [7, 11) is 1.41. The Morgan fingerprint density at radius 2 is 2.15 bits per heavy atom. The smallest absolute Gasteiger partial charge is 0.273 e. The molecule has 0 aliphatic rings. The lowest BCUT2D eigenvalue weighted by atomic mass is 10.3. The number of nitrogens with zero attached hydrogens (tertiary/aromatic N) is 3. The van der Waals surface area contributed by atoms with Crippen molar-refractivity contribution >= 4 is 23.2 Å². The minimum absolute atomic E-state index is 0.0158. The number of hydrogen-bond acceptors (Lipinski definition) is 7. The van der Waals surface area contributed by atoms with E-state index < -0.39 is 4.92 Å². The second-order valence-electron chi connectivity index (χ2n) is 3.58. The third kappa shape index (κ3) is 2.86. The van der Waals surface area contributed by atoms with Crippen molar-refractivity contribution in [1.29, 1.82) is 0 Å². The van der Waals surface area contributed by atoms with Gasteiger partial charge in [0.2, 0.25) is 11.8 Å². The van der Waals surface area contributed by atoms with Gasteiger partial charge in [-0.3, -0.25) is 10.1 Å². The molecule has 0 saturated heterocycles. The van der Waals surface area contributed by atoms with E-state index >= 15 is 0 Å². The van der Waals surface area contributed by atoms with Crippen LogP contribution in [0.4, 0.5) is 11.6 Å². The minimum atomic E-state index is -0.553. The van der Waals surface area contributed by atoms with E-state index in [0.717, 1.165) is 0 Å². The van der Waals surface area contributed by atoms with Crippen molar-refractivity contribution in [2.24, 2.45) is 0 Å². The predicted molar refractivity (Wildman–Crippen MR) is 71.2 cm³/mol. The second-order valence-corrected chi connectivity index (χ2v) is 3.98. The molecule has 1 heterocycles. The molecule has 1 aromatic heterocycles. The van der Waals surface area contributed by atoms with Gasteiger partial charge in [0.1, 0.15) is 5.02 Å². The molecule has 1 aromatic carbocycles. The van der Waals surface area contributed by atoms with E-state index in [1.165, 1.54) is 31.5 Å². The monoisotopic (exact) mass is 296 g/mol. The van der Waals surface area contributed by atoms with Crippen LogP contribution < -0.4 is 15.2 Å². The lowest BCUT2D eigenvalue weighted by Crippen LogP contribution is -1.99. The number of non-ortho nitro benzene ring substituents is 1. The van der Waals surface area contributed by atoms with Crippen LogP contribution >= 0.6 is 11.6 Å². The molecule has 0 saturated carbocycles. The summed E-state index contributed by atoms with van der Waals surface area (Å²) in [5, 5.41) is 10.9. The lowest BCUT2D eigenvalue weighted by molar-refractivity contribution is -0.384. The fourth-order valence-electron chi connectivity index (χ4n) is 1.40. The molecule has 2 aromatic rings. The van der Waals surface area contributed by atoms with Gasteiger partial charge < -0.3 is 15.2 Å². The molecule has 2 N–H and O–H groups in total. The Morgan fingerprint density at radius 1 is 1.40 bits per heavy atom. The molecule has 0 spiro atoms. The molecule has 20 heavy (non-hydrogen) atoms. The molecule has 0 fully saturated rings. The third-order valence-electron chi connectivity index (χ3n) is 2.30.